The molecule has 2 heterocycles. The van der Waals surface area contributed by atoms with Crippen LogP contribution in [0.25, 0.3) is 22.5 Å². The van der Waals surface area contributed by atoms with Crippen molar-refractivity contribution in [3.63, 3.8) is 0 Å². The highest BCUT2D eigenvalue weighted by molar-refractivity contribution is 5.71. The minimum Gasteiger partial charge on any atom is -0.297 e. The van der Waals surface area contributed by atoms with Gasteiger partial charge in [0.1, 0.15) is 0 Å². The Kier molecular flexibility index (Phi) is 4.56. The molecule has 28 heavy (non-hydrogen) atoms. The Balaban J connectivity index is 1.71. The van der Waals surface area contributed by atoms with Crippen molar-refractivity contribution in [2.24, 2.45) is 0 Å². The highest BCUT2D eigenvalue weighted by Gasteiger charge is 2.15. The van der Waals surface area contributed by atoms with E-state index in [-0.39, 0.29) is 0 Å². The van der Waals surface area contributed by atoms with Gasteiger partial charge in [-0.1, -0.05) is 48.5 Å². The first kappa shape index (κ1) is 17.4. The van der Waals surface area contributed by atoms with E-state index < -0.39 is 0 Å². The van der Waals surface area contributed by atoms with Gasteiger partial charge in [-0.15, -0.1) is 0 Å². The number of nitrogens with one attached hydrogen (secondary N) is 1. The topological polar surface area (TPSA) is 81.5 Å². The summed E-state index contributed by atoms with van der Waals surface area (Å²) in [7, 11) is 1.87. The summed E-state index contributed by atoms with van der Waals surface area (Å²) in [6.07, 6.45) is 1.77. The summed E-state index contributed by atoms with van der Waals surface area (Å²) in [6, 6.07) is 21.6. The van der Waals surface area contributed by atoms with Crippen molar-refractivity contribution in [3.8, 4) is 28.6 Å². The number of nitriles is 1. The normalized spacial score (nSPS) is 10.5. The van der Waals surface area contributed by atoms with Crippen LogP contribution in [-0.4, -0.2) is 27.2 Å². The predicted molar refractivity (Wildman–Crippen MR) is 109 cm³/mol. The molecule has 0 fully saturated rings. The van der Waals surface area contributed by atoms with Gasteiger partial charge in [-0.25, -0.2) is 9.97 Å². The zero-order valence-corrected chi connectivity index (χ0v) is 15.6. The number of aryl methyl sites for hydroxylation is 1. The molecule has 6 nitrogen and oxygen atoms in total. The molecule has 0 aliphatic carbocycles. The van der Waals surface area contributed by atoms with E-state index in [9.17, 15) is 5.26 Å². The highest BCUT2D eigenvalue weighted by atomic mass is 15.3. The number of hydrogen-bond acceptors (Lipinski definition) is 5. The lowest BCUT2D eigenvalue weighted by atomic mass is 10.0. The minimum atomic E-state index is 0.513. The van der Waals surface area contributed by atoms with Crippen LogP contribution in [0.5, 0.6) is 0 Å². The second-order valence-electron chi connectivity index (χ2n) is 6.42. The molecule has 1 N–H and O–H groups in total. The molecule has 2 aromatic heterocycles. The molecule has 2 aromatic carbocycles. The van der Waals surface area contributed by atoms with E-state index in [4.69, 9.17) is 4.98 Å². The Morgan fingerprint density at radius 2 is 1.79 bits per heavy atom. The van der Waals surface area contributed by atoms with Crippen molar-refractivity contribution in [2.45, 2.75) is 6.92 Å². The van der Waals surface area contributed by atoms with Crippen LogP contribution in [0.2, 0.25) is 0 Å². The molecule has 0 amide bonds. The number of aromatic nitrogens is 4. The first-order valence-electron chi connectivity index (χ1n) is 8.85. The van der Waals surface area contributed by atoms with Crippen molar-refractivity contribution in [1.29, 1.82) is 5.26 Å². The Morgan fingerprint density at radius 3 is 2.57 bits per heavy atom. The van der Waals surface area contributed by atoms with E-state index in [0.29, 0.717) is 17.3 Å². The first-order chi connectivity index (χ1) is 13.7. The van der Waals surface area contributed by atoms with E-state index in [1.54, 1.807) is 12.3 Å². The number of aromatic amines is 1. The fourth-order valence-electron chi connectivity index (χ4n) is 3.01. The maximum absolute atomic E-state index is 9.42. The van der Waals surface area contributed by atoms with Gasteiger partial charge in [-0.2, -0.15) is 10.4 Å². The summed E-state index contributed by atoms with van der Waals surface area (Å²) in [5.74, 6) is 1.22. The van der Waals surface area contributed by atoms with Gasteiger partial charge < -0.3 is 0 Å². The molecule has 0 saturated heterocycles. The van der Waals surface area contributed by atoms with Crippen LogP contribution in [0.15, 0.2) is 66.9 Å². The highest BCUT2D eigenvalue weighted by Crippen LogP contribution is 2.28. The number of nitrogens with zero attached hydrogens (tertiary/aromatic N) is 5. The summed E-state index contributed by atoms with van der Waals surface area (Å²) >= 11 is 0. The van der Waals surface area contributed by atoms with Gasteiger partial charge in [0, 0.05) is 24.9 Å². The van der Waals surface area contributed by atoms with E-state index in [1.165, 1.54) is 0 Å². The van der Waals surface area contributed by atoms with Crippen molar-refractivity contribution in [1.82, 2.24) is 20.2 Å². The van der Waals surface area contributed by atoms with Crippen LogP contribution in [-0.2, 0) is 0 Å². The first-order valence-corrected chi connectivity index (χ1v) is 8.85. The Labute approximate surface area is 163 Å². The molecule has 0 atom stereocenters. The van der Waals surface area contributed by atoms with Crippen molar-refractivity contribution in [3.05, 3.63) is 78.0 Å². The largest absolute Gasteiger partial charge is 0.297 e. The summed E-state index contributed by atoms with van der Waals surface area (Å²) in [5, 5.41) is 16.9. The number of rotatable bonds is 4. The fraction of sp³-hybridized carbons (Fsp3) is 0.0909. The van der Waals surface area contributed by atoms with Gasteiger partial charge in [0.15, 0.2) is 5.82 Å². The maximum Gasteiger partial charge on any atom is 0.231 e. The van der Waals surface area contributed by atoms with E-state index in [0.717, 1.165) is 28.1 Å². The second kappa shape index (κ2) is 7.33. The third-order valence-electron chi connectivity index (χ3n) is 4.55. The van der Waals surface area contributed by atoms with Crippen LogP contribution in [0, 0.1) is 18.3 Å². The molecular formula is C22H18N6. The monoisotopic (exact) mass is 366 g/mol. The van der Waals surface area contributed by atoms with Gasteiger partial charge in [0.25, 0.3) is 0 Å². The molecular weight excluding hydrogens is 348 g/mol. The molecule has 4 aromatic rings. The molecule has 0 radical (unpaired) electrons. The predicted octanol–water partition coefficient (Wildman–Crippen LogP) is 4.48. The van der Waals surface area contributed by atoms with Crippen molar-refractivity contribution < 1.29 is 0 Å². The van der Waals surface area contributed by atoms with E-state index >= 15 is 0 Å². The molecule has 0 spiro atoms. The van der Waals surface area contributed by atoms with Crippen molar-refractivity contribution in [2.75, 3.05) is 11.9 Å². The lowest BCUT2D eigenvalue weighted by molar-refractivity contribution is 0.984. The minimum absolute atomic E-state index is 0.513. The summed E-state index contributed by atoms with van der Waals surface area (Å²) in [4.78, 5) is 11.0. The van der Waals surface area contributed by atoms with Gasteiger partial charge in [-0.3, -0.25) is 10.00 Å². The smallest absolute Gasteiger partial charge is 0.231 e. The molecule has 0 saturated carbocycles. The number of H-pyrrole nitrogens is 1. The lowest BCUT2D eigenvalue weighted by Crippen LogP contribution is -2.14. The van der Waals surface area contributed by atoms with Crippen LogP contribution in [0.4, 0.5) is 11.8 Å². The molecule has 0 unspecified atom stereocenters. The molecule has 0 aliphatic rings. The molecule has 0 aliphatic heterocycles. The van der Waals surface area contributed by atoms with Crippen LogP contribution < -0.4 is 4.90 Å². The molecule has 136 valence electrons. The average Bonchev–Trinajstić information content (AvgIpc) is 3.24. The Morgan fingerprint density at radius 1 is 1.04 bits per heavy atom. The zero-order valence-electron chi connectivity index (χ0n) is 15.6. The van der Waals surface area contributed by atoms with Gasteiger partial charge in [0.05, 0.1) is 23.0 Å². The fourth-order valence-corrected chi connectivity index (χ4v) is 3.01. The molecule has 6 heteroatoms. The van der Waals surface area contributed by atoms with Gasteiger partial charge in [-0.05, 0) is 24.1 Å². The third kappa shape index (κ3) is 3.21. The van der Waals surface area contributed by atoms with Crippen LogP contribution in [0.3, 0.4) is 0 Å². The Bertz CT molecular complexity index is 1160. The third-order valence-corrected chi connectivity index (χ3v) is 4.55. The number of anilines is 2. The van der Waals surface area contributed by atoms with Crippen molar-refractivity contribution >= 4 is 11.8 Å². The zero-order chi connectivity index (χ0) is 19.5. The maximum atomic E-state index is 9.42. The standard InChI is InChI=1S/C22H18N6/c1-15-14-24-22(25-21(15)18-11-7-6-10-17(18)13-23)28(2)20-12-19(26-27-20)16-8-4-3-5-9-16/h3-12,14H,1-2H3,(H,26,27). The van der Waals surface area contributed by atoms with Crippen LogP contribution >= 0.6 is 0 Å². The van der Waals surface area contributed by atoms with E-state index in [2.05, 4.69) is 21.3 Å². The quantitative estimate of drug-likeness (QED) is 0.576. The SMILES string of the molecule is Cc1cnc(N(C)c2cc(-c3ccccc3)[nH]n2)nc1-c1ccccc1C#N. The lowest BCUT2D eigenvalue weighted by Gasteiger charge is -2.16. The summed E-state index contributed by atoms with van der Waals surface area (Å²) < 4.78 is 0. The van der Waals surface area contributed by atoms with Gasteiger partial charge in [0.2, 0.25) is 5.95 Å². The van der Waals surface area contributed by atoms with E-state index in [1.807, 2.05) is 73.5 Å². The summed E-state index contributed by atoms with van der Waals surface area (Å²) in [6.45, 7) is 1.94. The molecule has 4 rings (SSSR count). The van der Waals surface area contributed by atoms with Crippen LogP contribution in [0.1, 0.15) is 11.1 Å². The number of benzene rings is 2. The average molecular weight is 366 g/mol. The summed E-state index contributed by atoms with van der Waals surface area (Å²) in [5.41, 5.74) is 5.02. The molecule has 0 bridgehead atoms. The number of hydrogen-bond donors (Lipinski definition) is 1. The van der Waals surface area contributed by atoms with Gasteiger partial charge >= 0.3 is 0 Å². The second-order valence-corrected chi connectivity index (χ2v) is 6.42. The Hall–Kier alpha value is -3.98.